The van der Waals surface area contributed by atoms with Gasteiger partial charge in [0, 0.05) is 72.6 Å². The topological polar surface area (TPSA) is 309 Å². The lowest BCUT2D eigenvalue weighted by Crippen LogP contribution is -2.51. The maximum absolute atomic E-state index is 12.8. The molecule has 3 aromatic rings. The molecule has 0 fully saturated rings. The predicted octanol–water partition coefficient (Wildman–Crippen LogP) is 8.23. The highest BCUT2D eigenvalue weighted by Gasteiger charge is 2.44. The number of fused-ring (bicyclic) bond motifs is 2. The SMILES string of the molecule is CC1(C)C(/C=C/C2=C(Oc3ccc(S(=O)(=O)O)cc3)C(=C/C=C3/N(CCCCS(=O)(=O)[O-])c4ccccc4C3(C)C)/CCC2)=[N+](CCCCCC(=O)NCCCC[C@H](NC(=O)N[C@@H](CCC(=O)O)C(=O)O)C(=O)O)c2ccccc21. The molecule has 0 saturated heterocycles. The Morgan fingerprint density at radius 1 is 0.738 bits per heavy atom. The molecule has 0 unspecified atom stereocenters. The Bertz CT molecular complexity index is 3180. The van der Waals surface area contributed by atoms with E-state index in [2.05, 4.69) is 95.6 Å². The zero-order chi connectivity index (χ0) is 58.4. The van der Waals surface area contributed by atoms with Gasteiger partial charge in [-0.05, 0) is 144 Å². The van der Waals surface area contributed by atoms with Crippen LogP contribution in [0.4, 0.5) is 16.2 Å². The summed E-state index contributed by atoms with van der Waals surface area (Å²) in [6, 6.07) is 18.0. The number of benzene rings is 3. The van der Waals surface area contributed by atoms with Gasteiger partial charge >= 0.3 is 23.9 Å². The number of carbonyl (C=O) groups is 5. The normalized spacial score (nSPS) is 17.6. The lowest BCUT2D eigenvalue weighted by atomic mass is 9.81. The average molecular weight is 1140 g/mol. The number of nitrogens with one attached hydrogen (secondary N) is 3. The number of urea groups is 1. The molecule has 2 atom stereocenters. The summed E-state index contributed by atoms with van der Waals surface area (Å²) in [6.45, 7) is 10.1. The maximum Gasteiger partial charge on any atom is 0.326 e. The predicted molar refractivity (Wildman–Crippen MR) is 300 cm³/mol. The standard InChI is InChI=1S/C58H73N5O15S2/c1-57(2)43-19-7-9-22-47(43)62(36-13-5-6-24-51(64)59-35-12-11-21-45(54(67)68)60-56(71)61-46(55(69)70)31-34-52(65)66)49(57)32-25-39-17-16-18-40(53(39)78-41-27-29-42(30-28-41)80(75,76)77)26-33-50-58(3,4)44-20-8-10-23-48(44)63(50)37-14-15-38-79(72,73)74/h7-10,19-20,22-23,25-30,32-33,45-46H,5-6,11-18,21,24,31,34-38H2,1-4H3,(H7-,59,60,61,64,65,66,67,68,69,70,71,72,73,74,75,76,77)/t45-,46-/m0/s1. The van der Waals surface area contributed by atoms with Gasteiger partial charge in [0.1, 0.15) is 30.1 Å². The van der Waals surface area contributed by atoms with Crippen molar-refractivity contribution in [2.75, 3.05) is 30.3 Å². The Hall–Kier alpha value is -7.14. The Labute approximate surface area is 467 Å². The summed E-state index contributed by atoms with van der Waals surface area (Å²) in [4.78, 5) is 61.2. The number of carbonyl (C=O) groups excluding carboxylic acids is 2. The van der Waals surface area contributed by atoms with E-state index in [1.165, 1.54) is 24.3 Å². The molecule has 6 rings (SSSR count). The van der Waals surface area contributed by atoms with Crippen molar-refractivity contribution in [3.63, 3.8) is 0 Å². The molecule has 0 saturated carbocycles. The van der Waals surface area contributed by atoms with E-state index in [1.807, 2.05) is 30.3 Å². The summed E-state index contributed by atoms with van der Waals surface area (Å²) >= 11 is 0. The largest absolute Gasteiger partial charge is 0.748 e. The van der Waals surface area contributed by atoms with Gasteiger partial charge in [0.15, 0.2) is 5.71 Å². The van der Waals surface area contributed by atoms with Crippen LogP contribution in [0.25, 0.3) is 0 Å². The number of nitrogens with zero attached hydrogens (tertiary/aromatic N) is 2. The average Bonchev–Trinajstić information content (AvgIpc) is 3.79. The number of aliphatic carboxylic acids is 3. The van der Waals surface area contributed by atoms with Gasteiger partial charge in [0.25, 0.3) is 10.1 Å². The number of rotatable bonds is 29. The fourth-order valence-electron chi connectivity index (χ4n) is 10.5. The third-order valence-corrected chi connectivity index (χ3v) is 16.4. The summed E-state index contributed by atoms with van der Waals surface area (Å²) in [6.07, 6.45) is 13.5. The third-order valence-electron chi connectivity index (χ3n) is 14.7. The molecule has 3 amide bonds. The third kappa shape index (κ3) is 16.7. The van der Waals surface area contributed by atoms with Crippen LogP contribution in [-0.4, -0.2) is 119 Å². The van der Waals surface area contributed by atoms with Crippen molar-refractivity contribution < 1.29 is 74.5 Å². The van der Waals surface area contributed by atoms with Crippen molar-refractivity contribution in [2.24, 2.45) is 0 Å². The first-order chi connectivity index (χ1) is 37.8. The second-order valence-corrected chi connectivity index (χ2v) is 24.2. The fourth-order valence-corrected chi connectivity index (χ4v) is 11.5. The fraction of sp³-hybridized carbons (Fsp3) is 0.448. The summed E-state index contributed by atoms with van der Waals surface area (Å²) in [5.74, 6) is -3.65. The van der Waals surface area contributed by atoms with Crippen LogP contribution in [0.5, 0.6) is 5.75 Å². The highest BCUT2D eigenvalue weighted by atomic mass is 32.2. The van der Waals surface area contributed by atoms with Crippen LogP contribution >= 0.6 is 0 Å². The molecule has 20 nitrogen and oxygen atoms in total. The van der Waals surface area contributed by atoms with E-state index in [0.29, 0.717) is 63.1 Å². The lowest BCUT2D eigenvalue weighted by molar-refractivity contribution is -0.438. The number of carboxylic acid groups (broad SMARTS) is 3. The van der Waals surface area contributed by atoms with Crippen molar-refractivity contribution >= 4 is 67.2 Å². The smallest absolute Gasteiger partial charge is 0.326 e. The molecule has 2 aliphatic heterocycles. The van der Waals surface area contributed by atoms with Crippen molar-refractivity contribution in [1.82, 2.24) is 16.0 Å². The Morgan fingerprint density at radius 3 is 2.06 bits per heavy atom. The van der Waals surface area contributed by atoms with Crippen LogP contribution in [0, 0.1) is 0 Å². The molecular weight excluding hydrogens is 1070 g/mol. The van der Waals surface area contributed by atoms with Gasteiger partial charge in [-0.15, -0.1) is 0 Å². The minimum Gasteiger partial charge on any atom is -0.748 e. The maximum atomic E-state index is 12.8. The van der Waals surface area contributed by atoms with Gasteiger partial charge in [-0.25, -0.2) is 22.8 Å². The highest BCUT2D eigenvalue weighted by Crippen LogP contribution is 2.48. The molecule has 0 spiro atoms. The van der Waals surface area contributed by atoms with E-state index in [4.69, 9.17) is 9.84 Å². The number of unbranched alkanes of at least 4 members (excludes halogenated alkanes) is 4. The second-order valence-electron chi connectivity index (χ2n) is 21.3. The first-order valence-corrected chi connectivity index (χ1v) is 29.9. The second kappa shape index (κ2) is 27.3. The number of allylic oxidation sites excluding steroid dienone is 7. The highest BCUT2D eigenvalue weighted by molar-refractivity contribution is 7.86. The van der Waals surface area contributed by atoms with Crippen LogP contribution < -0.4 is 25.6 Å². The molecule has 432 valence electrons. The van der Waals surface area contributed by atoms with E-state index in [9.17, 15) is 60.1 Å². The van der Waals surface area contributed by atoms with Crippen molar-refractivity contribution in [3.05, 3.63) is 131 Å². The van der Waals surface area contributed by atoms with E-state index in [0.717, 1.165) is 64.3 Å². The number of carboxylic acids is 3. The molecule has 0 aromatic heterocycles. The van der Waals surface area contributed by atoms with E-state index >= 15 is 0 Å². The van der Waals surface area contributed by atoms with E-state index in [-0.39, 0.29) is 43.0 Å². The molecule has 80 heavy (non-hydrogen) atoms. The minimum absolute atomic E-state index is 0.0106. The van der Waals surface area contributed by atoms with Gasteiger partial charge in [0.2, 0.25) is 11.6 Å². The first kappa shape index (κ1) is 62.1. The first-order valence-electron chi connectivity index (χ1n) is 26.9. The van der Waals surface area contributed by atoms with E-state index < -0.39 is 79.3 Å². The number of anilines is 1. The van der Waals surface area contributed by atoms with Crippen LogP contribution in [0.15, 0.2) is 125 Å². The summed E-state index contributed by atoms with van der Waals surface area (Å²) < 4.78 is 77.0. The van der Waals surface area contributed by atoms with Crippen molar-refractivity contribution in [1.29, 1.82) is 0 Å². The van der Waals surface area contributed by atoms with Gasteiger partial charge in [-0.1, -0.05) is 56.3 Å². The monoisotopic (exact) mass is 1140 g/mol. The quantitative estimate of drug-likeness (QED) is 0.0195. The summed E-state index contributed by atoms with van der Waals surface area (Å²) in [5.41, 5.74) is 7.38. The number of ether oxygens (including phenoxy) is 1. The van der Waals surface area contributed by atoms with Gasteiger partial charge in [-0.3, -0.25) is 14.1 Å². The molecule has 3 aromatic carbocycles. The number of amides is 3. The number of hydrogen-bond acceptors (Lipinski definition) is 12. The lowest BCUT2D eigenvalue weighted by Gasteiger charge is -2.27. The molecule has 3 aliphatic rings. The van der Waals surface area contributed by atoms with Crippen LogP contribution in [0.3, 0.4) is 0 Å². The number of hydrogen-bond donors (Lipinski definition) is 7. The van der Waals surface area contributed by atoms with Crippen LogP contribution in [0.1, 0.15) is 129 Å². The molecule has 0 bridgehead atoms. The summed E-state index contributed by atoms with van der Waals surface area (Å²) in [7, 11) is -8.81. The number of para-hydroxylation sites is 2. The van der Waals surface area contributed by atoms with Crippen molar-refractivity contribution in [3.8, 4) is 5.75 Å². The zero-order valence-corrected chi connectivity index (χ0v) is 47.2. The molecular formula is C58H73N5O15S2. The van der Waals surface area contributed by atoms with Crippen LogP contribution in [0.2, 0.25) is 0 Å². The van der Waals surface area contributed by atoms with Gasteiger partial charge in [0.05, 0.1) is 20.4 Å². The molecule has 22 heteroatoms. The molecule has 0 radical (unpaired) electrons. The Balaban J connectivity index is 1.16. The van der Waals surface area contributed by atoms with E-state index in [1.54, 1.807) is 0 Å². The summed E-state index contributed by atoms with van der Waals surface area (Å²) in [5, 5.41) is 34.9. The van der Waals surface area contributed by atoms with Crippen LogP contribution in [-0.2, 0) is 50.2 Å². The molecule has 7 N–H and O–H groups in total. The Morgan fingerprint density at radius 2 is 1.40 bits per heavy atom. The van der Waals surface area contributed by atoms with Gasteiger partial charge < -0.3 is 45.5 Å². The molecule has 2 heterocycles. The zero-order valence-electron chi connectivity index (χ0n) is 45.6. The minimum atomic E-state index is -4.45. The Kier molecular flexibility index (Phi) is 21.2. The molecule has 1 aliphatic carbocycles. The van der Waals surface area contributed by atoms with Gasteiger partial charge in [-0.2, -0.15) is 13.0 Å². The van der Waals surface area contributed by atoms with Crippen molar-refractivity contribution in [2.45, 2.75) is 145 Å².